The van der Waals surface area contributed by atoms with Crippen molar-refractivity contribution in [1.82, 2.24) is 0 Å². The van der Waals surface area contributed by atoms with E-state index in [0.717, 1.165) is 0 Å². The minimum Gasteiger partial charge on any atom is -0.497 e. The number of nitriles is 2. The van der Waals surface area contributed by atoms with E-state index in [2.05, 4.69) is 0 Å². The van der Waals surface area contributed by atoms with Crippen LogP contribution >= 0.6 is 0 Å². The molecule has 2 rings (SSSR count). The van der Waals surface area contributed by atoms with Gasteiger partial charge >= 0.3 is 5.97 Å². The van der Waals surface area contributed by atoms with Crippen LogP contribution in [0.25, 0.3) is 6.08 Å². The molecule has 0 saturated heterocycles. The number of allylic oxidation sites excluding steroid dienone is 1. The molecule has 6 nitrogen and oxygen atoms in total. The Labute approximate surface area is 151 Å². The minimum atomic E-state index is -0.536. The molecule has 0 fully saturated rings. The normalized spacial score (nSPS) is 9.38. The Hall–Kier alpha value is -3.77. The van der Waals surface area contributed by atoms with E-state index < -0.39 is 5.97 Å². The van der Waals surface area contributed by atoms with Gasteiger partial charge in [-0.05, 0) is 55.0 Å². The first-order valence-electron chi connectivity index (χ1n) is 7.76. The van der Waals surface area contributed by atoms with Gasteiger partial charge in [0.05, 0.1) is 19.3 Å². The van der Waals surface area contributed by atoms with Gasteiger partial charge in [0.2, 0.25) is 0 Å². The molecule has 0 spiro atoms. The number of rotatable bonds is 6. The molecule has 0 atom stereocenters. The Morgan fingerprint density at radius 2 is 1.77 bits per heavy atom. The van der Waals surface area contributed by atoms with Crippen molar-refractivity contribution in [2.45, 2.75) is 6.92 Å². The number of benzene rings is 2. The second-order valence-electron chi connectivity index (χ2n) is 5.04. The molecule has 0 radical (unpaired) electrons. The molecule has 0 saturated carbocycles. The maximum absolute atomic E-state index is 12.3. The molecule has 0 aliphatic rings. The van der Waals surface area contributed by atoms with E-state index >= 15 is 0 Å². The predicted octanol–water partition coefficient (Wildman–Crippen LogP) is 3.74. The first kappa shape index (κ1) is 18.6. The lowest BCUT2D eigenvalue weighted by Crippen LogP contribution is -2.09. The van der Waals surface area contributed by atoms with E-state index in [1.165, 1.54) is 6.08 Å². The van der Waals surface area contributed by atoms with Gasteiger partial charge in [-0.25, -0.2) is 4.79 Å². The molecule has 0 N–H and O–H groups in total. The van der Waals surface area contributed by atoms with Crippen LogP contribution in [0.5, 0.6) is 17.2 Å². The summed E-state index contributed by atoms with van der Waals surface area (Å²) >= 11 is 0. The molecule has 0 aromatic heterocycles. The van der Waals surface area contributed by atoms with Crippen LogP contribution in [-0.4, -0.2) is 19.7 Å². The van der Waals surface area contributed by atoms with Crippen molar-refractivity contribution < 1.29 is 19.0 Å². The number of esters is 1. The third kappa shape index (κ3) is 4.62. The maximum Gasteiger partial charge on any atom is 0.343 e. The lowest BCUT2D eigenvalue weighted by molar-refractivity contribution is 0.0728. The maximum atomic E-state index is 12.3. The molecule has 0 aliphatic carbocycles. The molecule has 0 aliphatic heterocycles. The molecule has 0 amide bonds. The van der Waals surface area contributed by atoms with Crippen LogP contribution in [0.15, 0.2) is 48.0 Å². The molecule has 2 aromatic rings. The average molecular weight is 348 g/mol. The minimum absolute atomic E-state index is 0.0320. The second-order valence-corrected chi connectivity index (χ2v) is 5.04. The van der Waals surface area contributed by atoms with Gasteiger partial charge in [0.1, 0.15) is 23.5 Å². The lowest BCUT2D eigenvalue weighted by atomic mass is 10.1. The number of ether oxygens (including phenoxy) is 3. The van der Waals surface area contributed by atoms with Crippen molar-refractivity contribution in [3.05, 3.63) is 59.2 Å². The molecule has 2 aromatic carbocycles. The first-order valence-corrected chi connectivity index (χ1v) is 7.76. The number of methoxy groups -OCH3 is 1. The highest BCUT2D eigenvalue weighted by Crippen LogP contribution is 2.30. The van der Waals surface area contributed by atoms with Gasteiger partial charge in [-0.2, -0.15) is 10.5 Å². The van der Waals surface area contributed by atoms with E-state index in [-0.39, 0.29) is 11.3 Å². The smallest absolute Gasteiger partial charge is 0.343 e. The number of hydrogen-bond acceptors (Lipinski definition) is 6. The molecular formula is C20H16N2O4. The van der Waals surface area contributed by atoms with Crippen molar-refractivity contribution in [2.75, 3.05) is 13.7 Å². The Morgan fingerprint density at radius 3 is 2.35 bits per heavy atom. The van der Waals surface area contributed by atoms with Gasteiger partial charge in [-0.15, -0.1) is 0 Å². The molecular weight excluding hydrogens is 332 g/mol. The number of carbonyl (C=O) groups excluding carboxylic acids is 1. The fraction of sp³-hybridized carbons (Fsp3) is 0.150. The number of carbonyl (C=O) groups is 1. The Balaban J connectivity index is 2.27. The summed E-state index contributed by atoms with van der Waals surface area (Å²) in [6.45, 7) is 2.16. The highest BCUT2D eigenvalue weighted by Gasteiger charge is 2.13. The summed E-state index contributed by atoms with van der Waals surface area (Å²) in [5, 5.41) is 17.7. The van der Waals surface area contributed by atoms with Crippen molar-refractivity contribution in [1.29, 1.82) is 10.5 Å². The van der Waals surface area contributed by atoms with Gasteiger partial charge in [0.25, 0.3) is 0 Å². The van der Waals surface area contributed by atoms with Crippen molar-refractivity contribution in [2.24, 2.45) is 0 Å². The van der Waals surface area contributed by atoms with Crippen LogP contribution in [-0.2, 0) is 0 Å². The quantitative estimate of drug-likeness (QED) is 0.448. The summed E-state index contributed by atoms with van der Waals surface area (Å²) in [6, 6.07) is 14.9. The fourth-order valence-electron chi connectivity index (χ4n) is 2.11. The fourth-order valence-corrected chi connectivity index (χ4v) is 2.11. The molecule has 26 heavy (non-hydrogen) atoms. The summed E-state index contributed by atoms with van der Waals surface area (Å²) in [5.74, 6) is 0.698. The standard InChI is InChI=1S/C20H16N2O4/c1-3-25-19-11-14(10-15(12-21)13-22)4-9-18(19)26-20(23)16-5-7-17(24-2)8-6-16/h4-11H,3H2,1-2H3. The highest BCUT2D eigenvalue weighted by atomic mass is 16.6. The van der Waals surface area contributed by atoms with Crippen LogP contribution in [0.4, 0.5) is 0 Å². The van der Waals surface area contributed by atoms with Crippen LogP contribution in [0, 0.1) is 22.7 Å². The highest BCUT2D eigenvalue weighted by molar-refractivity contribution is 5.91. The number of nitrogens with zero attached hydrogens (tertiary/aromatic N) is 2. The van der Waals surface area contributed by atoms with Crippen molar-refractivity contribution in [3.8, 4) is 29.4 Å². The zero-order chi connectivity index (χ0) is 18.9. The average Bonchev–Trinajstić information content (AvgIpc) is 2.68. The topological polar surface area (TPSA) is 92.3 Å². The predicted molar refractivity (Wildman–Crippen MR) is 94.8 cm³/mol. The van der Waals surface area contributed by atoms with Gasteiger partial charge in [0, 0.05) is 0 Å². The lowest BCUT2D eigenvalue weighted by Gasteiger charge is -2.11. The zero-order valence-corrected chi connectivity index (χ0v) is 14.4. The largest absolute Gasteiger partial charge is 0.497 e. The molecule has 0 bridgehead atoms. The molecule has 0 heterocycles. The van der Waals surface area contributed by atoms with Gasteiger partial charge < -0.3 is 14.2 Å². The first-order chi connectivity index (χ1) is 12.6. The van der Waals surface area contributed by atoms with Crippen molar-refractivity contribution in [3.63, 3.8) is 0 Å². The zero-order valence-electron chi connectivity index (χ0n) is 14.4. The summed E-state index contributed by atoms with van der Waals surface area (Å²) in [7, 11) is 1.54. The Bertz CT molecular complexity index is 887. The van der Waals surface area contributed by atoms with Gasteiger partial charge in [-0.3, -0.25) is 0 Å². The summed E-state index contributed by atoms with van der Waals surface area (Å²) in [4.78, 5) is 12.3. The van der Waals surface area contributed by atoms with E-state index in [1.54, 1.807) is 68.6 Å². The van der Waals surface area contributed by atoms with E-state index in [1.807, 2.05) is 0 Å². The van der Waals surface area contributed by atoms with E-state index in [9.17, 15) is 4.79 Å². The third-order valence-electron chi connectivity index (χ3n) is 3.35. The van der Waals surface area contributed by atoms with Crippen LogP contribution < -0.4 is 14.2 Å². The van der Waals surface area contributed by atoms with E-state index in [4.69, 9.17) is 24.7 Å². The number of hydrogen-bond donors (Lipinski definition) is 0. The van der Waals surface area contributed by atoms with Crippen molar-refractivity contribution >= 4 is 12.0 Å². The molecule has 6 heteroatoms. The third-order valence-corrected chi connectivity index (χ3v) is 3.35. The summed E-state index contributed by atoms with van der Waals surface area (Å²) in [5.41, 5.74) is 0.930. The second kappa shape index (κ2) is 8.91. The van der Waals surface area contributed by atoms with Crippen LogP contribution in [0.1, 0.15) is 22.8 Å². The van der Waals surface area contributed by atoms with Gasteiger partial charge in [-0.1, -0.05) is 6.07 Å². The summed E-state index contributed by atoms with van der Waals surface area (Å²) < 4.78 is 16.0. The molecule has 0 unspecified atom stereocenters. The Morgan fingerprint density at radius 1 is 1.08 bits per heavy atom. The SMILES string of the molecule is CCOc1cc(C=C(C#N)C#N)ccc1OC(=O)c1ccc(OC)cc1. The van der Waals surface area contributed by atoms with Crippen LogP contribution in [0.3, 0.4) is 0 Å². The summed E-state index contributed by atoms with van der Waals surface area (Å²) in [6.07, 6.45) is 1.43. The molecule has 130 valence electrons. The Kier molecular flexibility index (Phi) is 6.36. The van der Waals surface area contributed by atoms with Crippen LogP contribution in [0.2, 0.25) is 0 Å². The van der Waals surface area contributed by atoms with E-state index in [0.29, 0.717) is 29.2 Å². The monoisotopic (exact) mass is 348 g/mol. The van der Waals surface area contributed by atoms with Gasteiger partial charge in [0.15, 0.2) is 11.5 Å².